The Labute approximate surface area is 414 Å². The Morgan fingerprint density at radius 1 is 0.588 bits per heavy atom. The molecule has 68 heavy (non-hydrogen) atoms. The van der Waals surface area contributed by atoms with Crippen molar-refractivity contribution < 1.29 is 63.6 Å². The number of rotatable bonds is 9. The number of aromatic carboxylic acids is 1. The predicted octanol–water partition coefficient (Wildman–Crippen LogP) is 5.22. The number of esters is 1. The van der Waals surface area contributed by atoms with Gasteiger partial charge in [-0.05, 0) is 205 Å². The normalized spacial score (nSPS) is 43.2. The third-order valence-corrected chi connectivity index (χ3v) is 21.1. The minimum Gasteiger partial charge on any atom is -0.870 e. The summed E-state index contributed by atoms with van der Waals surface area (Å²) in [6.45, 7) is 16.0. The number of ether oxygens (including phenoxy) is 1. The molecule has 8 aliphatic rings. The van der Waals surface area contributed by atoms with Crippen molar-refractivity contribution in [2.24, 2.45) is 80.8 Å². The molecule has 0 bridgehead atoms. The van der Waals surface area contributed by atoms with E-state index in [2.05, 4.69) is 48.1 Å². The fraction of sp³-hybridized carbons (Fsp3) is 0.846. The Hall–Kier alpha value is -2.96. The Morgan fingerprint density at radius 3 is 1.41 bits per heavy atom. The molecular weight excluding hydrogens is 860 g/mol. The SMILES string of the molecule is CCOC(=O)c1cnn(CC(=O)[C@H]2CC[C@H]3[C@@H]4CC[C@@H]5C[C@](C)(O)CC[C@]5(C)[C@H]4CC[C@]23C)n1.C[C@@]1(O)CC[C@@]2(C)[C@H](CC[C@@H]3[C@@H]2CC[C@]2(C)[C@@H](C(=O)Cn4ncc(C(=O)O)n4)CC[C@@H]32)C1.[Li+].[OH-]. The van der Waals surface area contributed by atoms with E-state index in [1.165, 1.54) is 60.5 Å². The van der Waals surface area contributed by atoms with Crippen LogP contribution in [0.3, 0.4) is 0 Å². The maximum atomic E-state index is 13.5. The van der Waals surface area contributed by atoms with Gasteiger partial charge >= 0.3 is 30.8 Å². The first-order valence-corrected chi connectivity index (χ1v) is 25.8. The van der Waals surface area contributed by atoms with Crippen LogP contribution >= 0.6 is 0 Å². The van der Waals surface area contributed by atoms with Crippen molar-refractivity contribution >= 4 is 23.5 Å². The number of carbonyl (C=O) groups is 4. The summed E-state index contributed by atoms with van der Waals surface area (Å²) in [6, 6.07) is 0. The van der Waals surface area contributed by atoms with Crippen LogP contribution in [0, 0.1) is 80.8 Å². The van der Waals surface area contributed by atoms with Gasteiger partial charge in [0.15, 0.2) is 23.0 Å². The summed E-state index contributed by atoms with van der Waals surface area (Å²) >= 11 is 0. The number of hydrogen-bond donors (Lipinski definition) is 3. The second-order valence-corrected chi connectivity index (χ2v) is 24.5. The molecule has 0 aliphatic heterocycles. The van der Waals surface area contributed by atoms with Gasteiger partial charge in [-0.2, -0.15) is 19.8 Å². The summed E-state index contributed by atoms with van der Waals surface area (Å²) in [5.74, 6) is 3.97. The minimum absolute atomic E-state index is 0. The van der Waals surface area contributed by atoms with Crippen LogP contribution in [0.2, 0.25) is 0 Å². The maximum Gasteiger partial charge on any atom is 1.00 e. The first kappa shape index (κ1) is 52.9. The molecule has 0 spiro atoms. The van der Waals surface area contributed by atoms with Gasteiger partial charge in [-0.1, -0.05) is 27.7 Å². The minimum atomic E-state index is -1.12. The molecule has 10 rings (SSSR count). The Bertz CT molecular complexity index is 2190. The molecule has 0 aromatic carbocycles. The zero-order chi connectivity index (χ0) is 47.2. The van der Waals surface area contributed by atoms with Crippen LogP contribution < -0.4 is 18.9 Å². The summed E-state index contributed by atoms with van der Waals surface area (Å²) in [5.41, 5.74) is -0.265. The quantitative estimate of drug-likeness (QED) is 0.217. The van der Waals surface area contributed by atoms with Crippen LogP contribution in [0.4, 0.5) is 0 Å². The average molecular weight is 939 g/mol. The predicted molar refractivity (Wildman–Crippen MR) is 247 cm³/mol. The van der Waals surface area contributed by atoms with Gasteiger partial charge in [-0.25, -0.2) is 9.59 Å². The van der Waals surface area contributed by atoms with Gasteiger partial charge in [-0.15, -0.1) is 10.2 Å². The topological polar surface area (TPSA) is 230 Å². The summed E-state index contributed by atoms with van der Waals surface area (Å²) in [7, 11) is 0. The monoisotopic (exact) mass is 939 g/mol. The molecular formula is C52H79LiN6O9. The van der Waals surface area contributed by atoms with Crippen molar-refractivity contribution in [2.45, 2.75) is 188 Å². The van der Waals surface area contributed by atoms with E-state index in [4.69, 9.17) is 9.84 Å². The van der Waals surface area contributed by atoms with Gasteiger partial charge in [0.05, 0.1) is 30.2 Å². The number of fused-ring (bicyclic) bond motifs is 10. The van der Waals surface area contributed by atoms with Crippen LogP contribution in [0.1, 0.15) is 185 Å². The van der Waals surface area contributed by atoms with Crippen LogP contribution in [0.15, 0.2) is 12.4 Å². The van der Waals surface area contributed by atoms with E-state index >= 15 is 0 Å². The molecule has 372 valence electrons. The Balaban J connectivity index is 0.000000196. The summed E-state index contributed by atoms with van der Waals surface area (Å²) in [5, 5.41) is 46.7. The number of ketones is 2. The molecule has 15 nitrogen and oxygen atoms in total. The number of aromatic nitrogens is 6. The van der Waals surface area contributed by atoms with E-state index in [-0.39, 0.29) is 89.7 Å². The van der Waals surface area contributed by atoms with Crippen molar-refractivity contribution in [1.29, 1.82) is 0 Å². The summed E-state index contributed by atoms with van der Waals surface area (Å²) < 4.78 is 4.99. The standard InChI is InChI=1S/C27H41N3O4.C25H37N3O4.Li.H2O/c1-5-34-24(32)22-15-28-30(29-22)16-23(31)21-9-8-19-18-7-6-17-14-25(2,33)12-13-26(17,3)20(18)10-11-27(19,21)4;1-23(32)10-11-24(2)15(12-23)4-5-16-17-6-7-19(25(17,3)9-8-18(16)24)21(29)14-28-26-13-20(27-28)22(30)31;;/h15,17-21,33H,5-14,16H2,1-4H3;13,15-19,32H,4-12,14H2,1-3H3,(H,30,31);;1H2/q;;+1;/p-1/t17-,18+,19+,20+,21-,25-,26+,27+;15-,16+,17+,18+,19-,23-,24+,25+;;/m11../s1. The molecule has 4 N–H and O–H groups in total. The van der Waals surface area contributed by atoms with Crippen LogP contribution in [0.25, 0.3) is 0 Å². The number of aliphatic hydroxyl groups is 2. The molecule has 2 heterocycles. The molecule has 16 heteroatoms. The zero-order valence-electron chi connectivity index (χ0n) is 42.3. The number of nitrogens with zero attached hydrogens (tertiary/aromatic N) is 6. The van der Waals surface area contributed by atoms with Gasteiger partial charge in [0.1, 0.15) is 13.1 Å². The zero-order valence-corrected chi connectivity index (χ0v) is 42.3. The molecule has 8 fully saturated rings. The molecule has 8 saturated carbocycles. The van der Waals surface area contributed by atoms with Crippen LogP contribution in [0.5, 0.6) is 0 Å². The molecule has 8 aliphatic carbocycles. The molecule has 0 amide bonds. The summed E-state index contributed by atoms with van der Waals surface area (Å²) in [6.07, 6.45) is 22.1. The largest absolute Gasteiger partial charge is 1.00 e. The number of Topliss-reactive ketones (excluding diaryl/α,β-unsaturated/α-hetero) is 2. The van der Waals surface area contributed by atoms with Crippen LogP contribution in [-0.4, -0.2) is 92.1 Å². The second-order valence-electron chi connectivity index (χ2n) is 24.5. The number of carbonyl (C=O) groups excluding carboxylic acids is 3. The fourth-order valence-corrected chi connectivity index (χ4v) is 17.6. The van der Waals surface area contributed by atoms with Crippen LogP contribution in [-0.2, 0) is 27.4 Å². The third kappa shape index (κ3) is 9.24. The van der Waals surface area contributed by atoms with E-state index in [1.54, 1.807) is 6.92 Å². The van der Waals surface area contributed by atoms with Crippen molar-refractivity contribution in [3.8, 4) is 0 Å². The molecule has 16 atom stereocenters. The maximum absolute atomic E-state index is 13.5. The number of carboxylic acid groups (broad SMARTS) is 1. The molecule has 0 radical (unpaired) electrons. The van der Waals surface area contributed by atoms with Crippen molar-refractivity contribution in [3.63, 3.8) is 0 Å². The van der Waals surface area contributed by atoms with Gasteiger partial charge in [0.2, 0.25) is 0 Å². The average Bonchev–Trinajstić information content (AvgIpc) is 4.07. The molecule has 2 aromatic rings. The first-order chi connectivity index (χ1) is 31.1. The fourth-order valence-electron chi connectivity index (χ4n) is 17.6. The van der Waals surface area contributed by atoms with Gasteiger partial charge in [0, 0.05) is 11.8 Å². The molecule has 2 aromatic heterocycles. The third-order valence-electron chi connectivity index (χ3n) is 21.1. The number of hydrogen-bond acceptors (Lipinski definition) is 12. The molecule has 0 saturated heterocycles. The van der Waals surface area contributed by atoms with Crippen molar-refractivity contribution in [1.82, 2.24) is 30.0 Å². The first-order valence-electron chi connectivity index (χ1n) is 25.8. The van der Waals surface area contributed by atoms with E-state index in [0.717, 1.165) is 77.0 Å². The van der Waals surface area contributed by atoms with E-state index < -0.39 is 23.1 Å². The number of carboxylic acids is 1. The van der Waals surface area contributed by atoms with E-state index in [0.29, 0.717) is 58.2 Å². The van der Waals surface area contributed by atoms with E-state index in [1.807, 2.05) is 13.8 Å². The smallest absolute Gasteiger partial charge is 0.870 e. The summed E-state index contributed by atoms with van der Waals surface area (Å²) in [4.78, 5) is 52.3. The van der Waals surface area contributed by atoms with Crippen molar-refractivity contribution in [3.05, 3.63) is 23.8 Å². The Morgan fingerprint density at radius 2 is 1.00 bits per heavy atom. The Kier molecular flexibility index (Phi) is 14.9. The van der Waals surface area contributed by atoms with Gasteiger partial charge < -0.3 is 25.5 Å². The van der Waals surface area contributed by atoms with Crippen molar-refractivity contribution in [2.75, 3.05) is 6.61 Å². The van der Waals surface area contributed by atoms with E-state index in [9.17, 15) is 29.4 Å². The second kappa shape index (κ2) is 19.2. The molecule has 0 unspecified atom stereocenters. The van der Waals surface area contributed by atoms with Gasteiger partial charge in [0.25, 0.3) is 0 Å². The van der Waals surface area contributed by atoms with Gasteiger partial charge in [-0.3, -0.25) is 9.59 Å².